The third kappa shape index (κ3) is 3.83. The zero-order valence-electron chi connectivity index (χ0n) is 13.4. The van der Waals surface area contributed by atoms with Gasteiger partial charge in [0.05, 0.1) is 18.8 Å². The molecule has 0 aliphatic carbocycles. The molecule has 0 radical (unpaired) electrons. The van der Waals surface area contributed by atoms with Gasteiger partial charge in [0.15, 0.2) is 0 Å². The van der Waals surface area contributed by atoms with E-state index < -0.39 is 0 Å². The molecule has 0 amide bonds. The summed E-state index contributed by atoms with van der Waals surface area (Å²) in [6, 6.07) is 7.51. The zero-order chi connectivity index (χ0) is 16.1. The number of ether oxygens (including phenoxy) is 1. The van der Waals surface area contributed by atoms with Crippen LogP contribution in [0.15, 0.2) is 41.5 Å². The highest BCUT2D eigenvalue weighted by Gasteiger charge is 2.25. The fourth-order valence-corrected chi connectivity index (χ4v) is 3.06. The molecule has 1 saturated heterocycles. The number of likely N-dealkylation sites (tertiary alicyclic amines) is 1. The predicted molar refractivity (Wildman–Crippen MR) is 88.2 cm³/mol. The largest absolute Gasteiger partial charge is 0.383 e. The molecule has 1 fully saturated rings. The molecular weight excluding hydrogens is 292 g/mol. The van der Waals surface area contributed by atoms with Crippen molar-refractivity contribution in [2.24, 2.45) is 0 Å². The van der Waals surface area contributed by atoms with Crippen LogP contribution >= 0.6 is 0 Å². The van der Waals surface area contributed by atoms with Gasteiger partial charge in [-0.15, -0.1) is 0 Å². The Morgan fingerprint density at radius 3 is 2.87 bits per heavy atom. The highest BCUT2D eigenvalue weighted by Crippen LogP contribution is 2.18. The number of rotatable bonds is 6. The minimum atomic E-state index is -0.0543. The van der Waals surface area contributed by atoms with Crippen molar-refractivity contribution in [1.82, 2.24) is 19.7 Å². The summed E-state index contributed by atoms with van der Waals surface area (Å²) in [6.45, 7) is 3.31. The molecule has 0 saturated carbocycles. The lowest BCUT2D eigenvalue weighted by atomic mass is 10.2. The van der Waals surface area contributed by atoms with Crippen LogP contribution in [0.25, 0.3) is 11.3 Å². The standard InChI is InChI=1S/C17H22N4O2/c1-23-12-11-20-10-2-3-15(20)13-21-17(22)5-4-16(19-21)14-6-8-18-9-7-14/h4-9,15H,2-3,10-13H2,1H3. The average Bonchev–Trinajstić information content (AvgIpc) is 3.03. The molecule has 6 nitrogen and oxygen atoms in total. The maximum Gasteiger partial charge on any atom is 0.266 e. The van der Waals surface area contributed by atoms with E-state index in [0.717, 1.165) is 43.8 Å². The molecule has 2 aromatic rings. The second-order valence-electron chi connectivity index (χ2n) is 5.80. The third-order valence-electron chi connectivity index (χ3n) is 4.31. The van der Waals surface area contributed by atoms with E-state index in [1.54, 1.807) is 36.3 Å². The van der Waals surface area contributed by atoms with Crippen LogP contribution in [-0.4, -0.2) is 52.5 Å². The highest BCUT2D eigenvalue weighted by molar-refractivity contribution is 5.56. The van der Waals surface area contributed by atoms with E-state index in [4.69, 9.17) is 4.74 Å². The second kappa shape index (κ2) is 7.48. The van der Waals surface area contributed by atoms with Gasteiger partial charge >= 0.3 is 0 Å². The van der Waals surface area contributed by atoms with Gasteiger partial charge in [-0.2, -0.15) is 5.10 Å². The molecule has 1 unspecified atom stereocenters. The first-order valence-electron chi connectivity index (χ1n) is 7.99. The van der Waals surface area contributed by atoms with E-state index in [-0.39, 0.29) is 5.56 Å². The van der Waals surface area contributed by atoms with Gasteiger partial charge in [0.25, 0.3) is 5.56 Å². The SMILES string of the molecule is COCCN1CCCC1Cn1nc(-c2ccncc2)ccc1=O. The molecule has 0 aromatic carbocycles. The van der Waals surface area contributed by atoms with E-state index in [2.05, 4.69) is 15.0 Å². The summed E-state index contributed by atoms with van der Waals surface area (Å²) in [6.07, 6.45) is 5.72. The lowest BCUT2D eigenvalue weighted by Gasteiger charge is -2.24. The summed E-state index contributed by atoms with van der Waals surface area (Å²) in [7, 11) is 1.72. The van der Waals surface area contributed by atoms with Crippen LogP contribution in [0.2, 0.25) is 0 Å². The number of hydrogen-bond donors (Lipinski definition) is 0. The Labute approximate surface area is 135 Å². The maximum atomic E-state index is 12.2. The maximum absolute atomic E-state index is 12.2. The van der Waals surface area contributed by atoms with Crippen molar-refractivity contribution in [1.29, 1.82) is 0 Å². The molecule has 1 aliphatic heterocycles. The number of pyridine rings is 1. The molecule has 2 aromatic heterocycles. The molecule has 3 heterocycles. The van der Waals surface area contributed by atoms with Crippen LogP contribution in [0.1, 0.15) is 12.8 Å². The predicted octanol–water partition coefficient (Wildman–Crippen LogP) is 1.42. The Kier molecular flexibility index (Phi) is 5.15. The van der Waals surface area contributed by atoms with Crippen LogP contribution in [0.4, 0.5) is 0 Å². The van der Waals surface area contributed by atoms with Gasteiger partial charge in [0, 0.05) is 43.7 Å². The van der Waals surface area contributed by atoms with Gasteiger partial charge in [-0.25, -0.2) is 4.68 Å². The Morgan fingerprint density at radius 2 is 2.09 bits per heavy atom. The van der Waals surface area contributed by atoms with Gasteiger partial charge in [-0.1, -0.05) is 0 Å². The Hall–Kier alpha value is -2.05. The topological polar surface area (TPSA) is 60.2 Å². The van der Waals surface area contributed by atoms with Crippen molar-refractivity contribution in [2.75, 3.05) is 26.8 Å². The normalized spacial score (nSPS) is 18.4. The molecule has 23 heavy (non-hydrogen) atoms. The molecular formula is C17H22N4O2. The molecule has 1 atom stereocenters. The van der Waals surface area contributed by atoms with Crippen molar-refractivity contribution >= 4 is 0 Å². The van der Waals surface area contributed by atoms with E-state index >= 15 is 0 Å². The molecule has 122 valence electrons. The number of hydrogen-bond acceptors (Lipinski definition) is 5. The molecule has 3 rings (SSSR count). The third-order valence-corrected chi connectivity index (χ3v) is 4.31. The van der Waals surface area contributed by atoms with E-state index in [1.807, 2.05) is 12.1 Å². The first kappa shape index (κ1) is 15.8. The first-order chi connectivity index (χ1) is 11.3. The van der Waals surface area contributed by atoms with Crippen LogP contribution < -0.4 is 5.56 Å². The number of methoxy groups -OCH3 is 1. The van der Waals surface area contributed by atoms with Crippen molar-refractivity contribution in [3.8, 4) is 11.3 Å². The fraction of sp³-hybridized carbons (Fsp3) is 0.471. The van der Waals surface area contributed by atoms with E-state index in [1.165, 1.54) is 0 Å². The average molecular weight is 314 g/mol. The quantitative estimate of drug-likeness (QED) is 0.807. The van der Waals surface area contributed by atoms with Gasteiger partial charge in [-0.05, 0) is 37.6 Å². The van der Waals surface area contributed by atoms with Gasteiger partial charge in [0.2, 0.25) is 0 Å². The lowest BCUT2D eigenvalue weighted by molar-refractivity contribution is 0.134. The smallest absolute Gasteiger partial charge is 0.266 e. The van der Waals surface area contributed by atoms with Gasteiger partial charge in [-0.3, -0.25) is 14.7 Å². The summed E-state index contributed by atoms with van der Waals surface area (Å²) < 4.78 is 6.76. The minimum Gasteiger partial charge on any atom is -0.383 e. The minimum absolute atomic E-state index is 0.0543. The second-order valence-corrected chi connectivity index (χ2v) is 5.80. The lowest BCUT2D eigenvalue weighted by Crippen LogP contribution is -2.38. The summed E-state index contributed by atoms with van der Waals surface area (Å²) in [5, 5.41) is 4.54. The van der Waals surface area contributed by atoms with Crippen LogP contribution in [0, 0.1) is 0 Å². The number of nitrogens with zero attached hydrogens (tertiary/aromatic N) is 4. The summed E-state index contributed by atoms with van der Waals surface area (Å²) in [5.74, 6) is 0. The Morgan fingerprint density at radius 1 is 1.26 bits per heavy atom. The van der Waals surface area contributed by atoms with Crippen LogP contribution in [0.3, 0.4) is 0 Å². The molecule has 6 heteroatoms. The summed E-state index contributed by atoms with van der Waals surface area (Å²) in [5.41, 5.74) is 1.71. The molecule has 0 spiro atoms. The monoisotopic (exact) mass is 314 g/mol. The van der Waals surface area contributed by atoms with Crippen molar-refractivity contribution in [3.05, 3.63) is 47.0 Å². The van der Waals surface area contributed by atoms with Crippen molar-refractivity contribution in [2.45, 2.75) is 25.4 Å². The summed E-state index contributed by atoms with van der Waals surface area (Å²) in [4.78, 5) is 18.6. The van der Waals surface area contributed by atoms with Crippen LogP contribution in [-0.2, 0) is 11.3 Å². The van der Waals surface area contributed by atoms with Gasteiger partial charge in [0.1, 0.15) is 0 Å². The summed E-state index contributed by atoms with van der Waals surface area (Å²) >= 11 is 0. The first-order valence-corrected chi connectivity index (χ1v) is 7.99. The van der Waals surface area contributed by atoms with E-state index in [0.29, 0.717) is 12.6 Å². The fourth-order valence-electron chi connectivity index (χ4n) is 3.06. The van der Waals surface area contributed by atoms with Crippen molar-refractivity contribution < 1.29 is 4.74 Å². The Balaban J connectivity index is 1.78. The van der Waals surface area contributed by atoms with Gasteiger partial charge < -0.3 is 4.74 Å². The Bertz CT molecular complexity index is 686. The molecule has 0 bridgehead atoms. The number of aromatic nitrogens is 3. The van der Waals surface area contributed by atoms with Crippen LogP contribution in [0.5, 0.6) is 0 Å². The highest BCUT2D eigenvalue weighted by atomic mass is 16.5. The molecule has 1 aliphatic rings. The van der Waals surface area contributed by atoms with E-state index in [9.17, 15) is 4.79 Å². The zero-order valence-corrected chi connectivity index (χ0v) is 13.4. The molecule has 0 N–H and O–H groups in total. The van der Waals surface area contributed by atoms with Crippen molar-refractivity contribution in [3.63, 3.8) is 0 Å².